The molecule has 0 spiro atoms. The minimum atomic E-state index is 0.0510. The van der Waals surface area contributed by atoms with Gasteiger partial charge in [-0.3, -0.25) is 4.79 Å². The lowest BCUT2D eigenvalue weighted by Gasteiger charge is -2.45. The lowest BCUT2D eigenvalue weighted by Crippen LogP contribution is -2.53. The second-order valence-electron chi connectivity index (χ2n) is 7.26. The van der Waals surface area contributed by atoms with Gasteiger partial charge in [0.1, 0.15) is 0 Å². The fourth-order valence-electron chi connectivity index (χ4n) is 4.37. The molecular weight excluding hydrogens is 320 g/mol. The van der Waals surface area contributed by atoms with Crippen molar-refractivity contribution in [1.82, 2.24) is 15.5 Å². The number of aryl methyl sites for hydroxylation is 1. The van der Waals surface area contributed by atoms with Gasteiger partial charge in [0.15, 0.2) is 5.76 Å². The zero-order valence-electron chi connectivity index (χ0n) is 14.2. The molecule has 4 rings (SSSR count). The topological polar surface area (TPSA) is 107 Å². The summed E-state index contributed by atoms with van der Waals surface area (Å²) in [6, 6.07) is 4.11. The highest BCUT2D eigenvalue weighted by Gasteiger charge is 2.39. The maximum atomic E-state index is 12.4. The van der Waals surface area contributed by atoms with Gasteiger partial charge in [0, 0.05) is 24.9 Å². The van der Waals surface area contributed by atoms with E-state index in [1.807, 2.05) is 0 Å². The van der Waals surface area contributed by atoms with Crippen LogP contribution in [-0.2, 0) is 11.2 Å². The number of hydrogen-bond acceptors (Lipinski definition) is 6. The summed E-state index contributed by atoms with van der Waals surface area (Å²) in [7, 11) is 0. The molecule has 7 nitrogen and oxygen atoms in total. The third-order valence-corrected chi connectivity index (χ3v) is 5.48. The predicted molar refractivity (Wildman–Crippen MR) is 90.3 cm³/mol. The summed E-state index contributed by atoms with van der Waals surface area (Å²) in [5.74, 6) is 2.53. The number of nitrogens with one attached hydrogen (secondary N) is 1. The van der Waals surface area contributed by atoms with Crippen LogP contribution in [0.4, 0.5) is 0 Å². The smallest absolute Gasteiger partial charge is 0.238 e. The molecule has 7 heteroatoms. The minimum absolute atomic E-state index is 0.0510. The molecule has 2 fully saturated rings. The number of hydrogen-bond donors (Lipinski definition) is 2. The van der Waals surface area contributed by atoms with Crippen LogP contribution >= 0.6 is 0 Å². The van der Waals surface area contributed by atoms with Crippen LogP contribution in [-0.4, -0.2) is 28.1 Å². The maximum Gasteiger partial charge on any atom is 0.238 e. The lowest BCUT2D eigenvalue weighted by molar-refractivity contribution is -0.123. The van der Waals surface area contributed by atoms with Crippen LogP contribution < -0.4 is 11.1 Å². The fourth-order valence-corrected chi connectivity index (χ4v) is 4.37. The highest BCUT2D eigenvalue weighted by Crippen LogP contribution is 2.39. The van der Waals surface area contributed by atoms with Gasteiger partial charge < -0.3 is 20.0 Å². The molecule has 2 bridgehead atoms. The Labute approximate surface area is 146 Å². The average molecular weight is 344 g/mol. The van der Waals surface area contributed by atoms with Crippen molar-refractivity contribution < 1.29 is 13.7 Å². The largest absolute Gasteiger partial charge is 0.461 e. The quantitative estimate of drug-likeness (QED) is 0.862. The summed E-state index contributed by atoms with van der Waals surface area (Å²) >= 11 is 0. The Balaban J connectivity index is 1.31. The van der Waals surface area contributed by atoms with E-state index in [4.69, 9.17) is 14.7 Å². The number of furan rings is 1. The predicted octanol–water partition coefficient (Wildman–Crippen LogP) is 2.28. The van der Waals surface area contributed by atoms with Gasteiger partial charge in [-0.1, -0.05) is 11.6 Å². The molecule has 0 radical (unpaired) electrons. The molecule has 0 saturated heterocycles. The van der Waals surface area contributed by atoms with Crippen LogP contribution in [0.25, 0.3) is 11.6 Å². The van der Waals surface area contributed by atoms with Crippen molar-refractivity contribution in [2.24, 2.45) is 17.6 Å². The van der Waals surface area contributed by atoms with Crippen molar-refractivity contribution >= 4 is 5.91 Å². The van der Waals surface area contributed by atoms with Crippen molar-refractivity contribution in [3.63, 3.8) is 0 Å². The Morgan fingerprint density at radius 3 is 2.84 bits per heavy atom. The number of nitrogens with two attached hydrogens (primary N) is 1. The van der Waals surface area contributed by atoms with Gasteiger partial charge in [0.2, 0.25) is 17.6 Å². The minimum Gasteiger partial charge on any atom is -0.461 e. The first-order valence-corrected chi connectivity index (χ1v) is 9.10. The number of amides is 1. The molecule has 25 heavy (non-hydrogen) atoms. The first-order chi connectivity index (χ1) is 12.2. The summed E-state index contributed by atoms with van der Waals surface area (Å²) in [5.41, 5.74) is 6.15. The van der Waals surface area contributed by atoms with Gasteiger partial charge in [0.25, 0.3) is 0 Å². The van der Waals surface area contributed by atoms with Crippen LogP contribution in [0, 0.1) is 11.8 Å². The number of carbonyl (C=O) groups is 1. The Kier molecular flexibility index (Phi) is 4.57. The van der Waals surface area contributed by atoms with E-state index in [0.717, 1.165) is 12.8 Å². The van der Waals surface area contributed by atoms with Gasteiger partial charge in [-0.15, -0.1) is 0 Å². The highest BCUT2D eigenvalue weighted by molar-refractivity contribution is 5.76. The average Bonchev–Trinajstić information content (AvgIpc) is 3.25. The molecule has 3 N–H and O–H groups in total. The van der Waals surface area contributed by atoms with E-state index in [0.29, 0.717) is 48.2 Å². The first kappa shape index (κ1) is 16.3. The lowest BCUT2D eigenvalue weighted by atomic mass is 9.67. The molecule has 2 saturated carbocycles. The molecule has 2 unspecified atom stereocenters. The van der Waals surface area contributed by atoms with E-state index < -0.39 is 0 Å². The summed E-state index contributed by atoms with van der Waals surface area (Å²) < 4.78 is 10.4. The van der Waals surface area contributed by atoms with Gasteiger partial charge in [-0.25, -0.2) is 0 Å². The number of fused-ring (bicyclic) bond motifs is 2. The summed E-state index contributed by atoms with van der Waals surface area (Å²) in [5, 5.41) is 7.12. The third-order valence-electron chi connectivity index (χ3n) is 5.48. The van der Waals surface area contributed by atoms with E-state index in [-0.39, 0.29) is 11.9 Å². The SMILES string of the molecule is NC1CC2CCCC(C1)C2NC(=O)CCc1nc(-c2ccco2)no1. The van der Waals surface area contributed by atoms with Gasteiger partial charge in [-0.2, -0.15) is 4.98 Å². The monoisotopic (exact) mass is 344 g/mol. The highest BCUT2D eigenvalue weighted by atomic mass is 16.5. The van der Waals surface area contributed by atoms with Crippen molar-refractivity contribution in [1.29, 1.82) is 0 Å². The Morgan fingerprint density at radius 1 is 1.32 bits per heavy atom. The van der Waals surface area contributed by atoms with E-state index in [1.165, 1.54) is 19.3 Å². The van der Waals surface area contributed by atoms with Crippen molar-refractivity contribution in [3.8, 4) is 11.6 Å². The molecule has 2 aliphatic carbocycles. The molecule has 2 heterocycles. The third kappa shape index (κ3) is 3.61. The molecule has 1 amide bonds. The Hall–Kier alpha value is -2.15. The molecule has 134 valence electrons. The van der Waals surface area contributed by atoms with Crippen LogP contribution in [0.15, 0.2) is 27.3 Å². The zero-order chi connectivity index (χ0) is 17.2. The molecule has 2 aromatic heterocycles. The van der Waals surface area contributed by atoms with Crippen molar-refractivity contribution in [3.05, 3.63) is 24.3 Å². The second kappa shape index (κ2) is 7.00. The van der Waals surface area contributed by atoms with Crippen molar-refractivity contribution in [2.75, 3.05) is 0 Å². The summed E-state index contributed by atoms with van der Waals surface area (Å²) in [6.07, 6.45) is 7.99. The number of carbonyl (C=O) groups excluding carboxylic acids is 1. The molecule has 0 aliphatic heterocycles. The molecular formula is C18H24N4O3. The molecule has 2 atom stereocenters. The molecule has 2 aliphatic rings. The number of nitrogens with zero attached hydrogens (tertiary/aromatic N) is 2. The second-order valence-corrected chi connectivity index (χ2v) is 7.26. The Bertz CT molecular complexity index is 698. The summed E-state index contributed by atoms with van der Waals surface area (Å²) in [4.78, 5) is 16.7. The standard InChI is InChI=1S/C18H24N4O3/c19-13-9-11-3-1-4-12(10-13)17(11)20-15(23)6-7-16-21-18(22-25-16)14-5-2-8-24-14/h2,5,8,11-13,17H,1,3-4,6-7,9-10,19H2,(H,20,23). The van der Waals surface area contributed by atoms with E-state index in [1.54, 1.807) is 18.4 Å². The van der Waals surface area contributed by atoms with E-state index >= 15 is 0 Å². The van der Waals surface area contributed by atoms with E-state index in [2.05, 4.69) is 15.5 Å². The zero-order valence-corrected chi connectivity index (χ0v) is 14.2. The maximum absolute atomic E-state index is 12.4. The van der Waals surface area contributed by atoms with Crippen LogP contribution in [0.2, 0.25) is 0 Å². The normalized spacial score (nSPS) is 28.7. The van der Waals surface area contributed by atoms with Crippen LogP contribution in [0.3, 0.4) is 0 Å². The van der Waals surface area contributed by atoms with Gasteiger partial charge in [-0.05, 0) is 49.7 Å². The van der Waals surface area contributed by atoms with Gasteiger partial charge in [0.05, 0.1) is 6.26 Å². The van der Waals surface area contributed by atoms with Gasteiger partial charge >= 0.3 is 0 Å². The van der Waals surface area contributed by atoms with Crippen molar-refractivity contribution in [2.45, 2.75) is 57.0 Å². The van der Waals surface area contributed by atoms with E-state index in [9.17, 15) is 4.79 Å². The first-order valence-electron chi connectivity index (χ1n) is 9.10. The number of rotatable bonds is 5. The molecule has 2 aromatic rings. The molecule has 0 aromatic carbocycles. The Morgan fingerprint density at radius 2 is 2.12 bits per heavy atom. The summed E-state index contributed by atoms with van der Waals surface area (Å²) in [6.45, 7) is 0. The fraction of sp³-hybridized carbons (Fsp3) is 0.611. The number of aromatic nitrogens is 2. The van der Waals surface area contributed by atoms with Crippen LogP contribution in [0.5, 0.6) is 0 Å². The van der Waals surface area contributed by atoms with Crippen LogP contribution in [0.1, 0.15) is 44.4 Å².